The molecule has 4 heteroatoms. The number of ether oxygens (including phenoxy) is 1. The van der Waals surface area contributed by atoms with Crippen LogP contribution in [0.15, 0.2) is 24.3 Å². The number of likely N-dealkylation sites (tertiary alicyclic amines) is 1. The minimum Gasteiger partial charge on any atom is -0.379 e. The first-order valence-corrected chi connectivity index (χ1v) is 9.25. The molecule has 2 fully saturated rings. The average molecular weight is 330 g/mol. The number of carbonyl (C=O) groups excluding carboxylic acids is 1. The Morgan fingerprint density at radius 2 is 1.92 bits per heavy atom. The smallest absolute Gasteiger partial charge is 0.225 e. The van der Waals surface area contributed by atoms with E-state index in [4.69, 9.17) is 4.74 Å². The number of methoxy groups -OCH3 is 1. The van der Waals surface area contributed by atoms with Crippen LogP contribution in [0, 0.1) is 18.8 Å². The van der Waals surface area contributed by atoms with E-state index in [1.54, 1.807) is 7.11 Å². The Morgan fingerprint density at radius 1 is 1.21 bits per heavy atom. The molecule has 0 aromatic heterocycles. The Balaban J connectivity index is 1.58. The fraction of sp³-hybridized carbons (Fsp3) is 0.650. The van der Waals surface area contributed by atoms with Crippen molar-refractivity contribution in [3.8, 4) is 0 Å². The first-order valence-electron chi connectivity index (χ1n) is 9.25. The Morgan fingerprint density at radius 3 is 2.58 bits per heavy atom. The highest BCUT2D eigenvalue weighted by molar-refractivity contribution is 5.79. The minimum atomic E-state index is 0.144. The predicted octanol–water partition coefficient (Wildman–Crippen LogP) is 2.40. The minimum absolute atomic E-state index is 0.144. The Kier molecular flexibility index (Phi) is 5.90. The second kappa shape index (κ2) is 8.13. The summed E-state index contributed by atoms with van der Waals surface area (Å²) < 4.78 is 5.76. The molecule has 3 rings (SSSR count). The number of hydrogen-bond donors (Lipinski definition) is 1. The summed E-state index contributed by atoms with van der Waals surface area (Å²) in [4.78, 5) is 14.8. The van der Waals surface area contributed by atoms with Crippen molar-refractivity contribution in [3.05, 3.63) is 35.4 Å². The van der Waals surface area contributed by atoms with Gasteiger partial charge in [0.25, 0.3) is 0 Å². The molecule has 0 saturated carbocycles. The number of nitrogens with zero attached hydrogens (tertiary/aromatic N) is 1. The van der Waals surface area contributed by atoms with Gasteiger partial charge < -0.3 is 15.0 Å². The third-order valence-corrected chi connectivity index (χ3v) is 5.62. The zero-order chi connectivity index (χ0) is 16.9. The summed E-state index contributed by atoms with van der Waals surface area (Å²) in [5.41, 5.74) is 2.66. The van der Waals surface area contributed by atoms with Gasteiger partial charge in [0.2, 0.25) is 5.91 Å². The van der Waals surface area contributed by atoms with Gasteiger partial charge in [-0.15, -0.1) is 0 Å². The number of aryl methyl sites for hydroxylation is 1. The van der Waals surface area contributed by atoms with E-state index in [0.29, 0.717) is 11.8 Å². The van der Waals surface area contributed by atoms with E-state index < -0.39 is 0 Å². The largest absolute Gasteiger partial charge is 0.379 e. The van der Waals surface area contributed by atoms with Gasteiger partial charge in [0.15, 0.2) is 0 Å². The molecule has 1 aromatic rings. The van der Waals surface area contributed by atoms with Crippen LogP contribution in [0.1, 0.15) is 30.4 Å². The molecule has 1 aromatic carbocycles. The molecule has 2 aliphatic heterocycles. The van der Waals surface area contributed by atoms with Crippen LogP contribution in [0.4, 0.5) is 0 Å². The van der Waals surface area contributed by atoms with Crippen LogP contribution < -0.4 is 5.32 Å². The Bertz CT molecular complexity index is 537. The van der Waals surface area contributed by atoms with Gasteiger partial charge >= 0.3 is 0 Å². The van der Waals surface area contributed by atoms with Crippen LogP contribution in [-0.2, 0) is 16.0 Å². The first kappa shape index (κ1) is 17.4. The van der Waals surface area contributed by atoms with Crippen LogP contribution >= 0.6 is 0 Å². The third-order valence-electron chi connectivity index (χ3n) is 5.62. The van der Waals surface area contributed by atoms with Crippen molar-refractivity contribution in [2.75, 3.05) is 33.3 Å². The molecule has 0 spiro atoms. The Labute approximate surface area is 145 Å². The highest BCUT2D eigenvalue weighted by Gasteiger charge is 2.34. The van der Waals surface area contributed by atoms with Crippen molar-refractivity contribution in [2.24, 2.45) is 11.8 Å². The van der Waals surface area contributed by atoms with Gasteiger partial charge in [-0.3, -0.25) is 4.79 Å². The van der Waals surface area contributed by atoms with Gasteiger partial charge in [0.05, 0.1) is 6.10 Å². The van der Waals surface area contributed by atoms with Crippen LogP contribution in [-0.4, -0.2) is 50.2 Å². The fourth-order valence-electron chi connectivity index (χ4n) is 4.02. The topological polar surface area (TPSA) is 41.6 Å². The van der Waals surface area contributed by atoms with Crippen molar-refractivity contribution in [2.45, 2.75) is 38.7 Å². The fourth-order valence-corrected chi connectivity index (χ4v) is 4.02. The van der Waals surface area contributed by atoms with Gasteiger partial charge in [-0.1, -0.05) is 29.8 Å². The summed E-state index contributed by atoms with van der Waals surface area (Å²) in [7, 11) is 1.78. The summed E-state index contributed by atoms with van der Waals surface area (Å²) >= 11 is 0. The molecular weight excluding hydrogens is 300 g/mol. The summed E-state index contributed by atoms with van der Waals surface area (Å²) in [6.07, 6.45) is 4.15. The van der Waals surface area contributed by atoms with E-state index in [9.17, 15) is 4.79 Å². The van der Waals surface area contributed by atoms with Crippen molar-refractivity contribution in [1.82, 2.24) is 10.2 Å². The summed E-state index contributed by atoms with van der Waals surface area (Å²) in [5.74, 6) is 1.04. The normalized spacial score (nSPS) is 25.7. The van der Waals surface area contributed by atoms with Crippen LogP contribution in [0.2, 0.25) is 0 Å². The van der Waals surface area contributed by atoms with E-state index in [1.807, 2.05) is 0 Å². The second-order valence-electron chi connectivity index (χ2n) is 7.32. The lowest BCUT2D eigenvalue weighted by molar-refractivity contribution is -0.141. The molecule has 2 saturated heterocycles. The molecular formula is C20H30N2O2. The number of carbonyl (C=O) groups is 1. The zero-order valence-electron chi connectivity index (χ0n) is 15.0. The van der Waals surface area contributed by atoms with Crippen LogP contribution in [0.3, 0.4) is 0 Å². The maximum Gasteiger partial charge on any atom is 0.225 e. The highest BCUT2D eigenvalue weighted by atomic mass is 16.5. The lowest BCUT2D eigenvalue weighted by Crippen LogP contribution is -2.50. The summed E-state index contributed by atoms with van der Waals surface area (Å²) in [6.45, 7) is 5.67. The molecule has 2 atom stereocenters. The zero-order valence-corrected chi connectivity index (χ0v) is 15.0. The molecule has 0 bridgehead atoms. The second-order valence-corrected chi connectivity index (χ2v) is 7.32. The van der Waals surface area contributed by atoms with Crippen molar-refractivity contribution in [1.29, 1.82) is 0 Å². The highest BCUT2D eigenvalue weighted by Crippen LogP contribution is 2.26. The Hall–Kier alpha value is -1.39. The van der Waals surface area contributed by atoms with Crippen LogP contribution in [0.25, 0.3) is 0 Å². The maximum absolute atomic E-state index is 12.8. The van der Waals surface area contributed by atoms with Crippen molar-refractivity contribution in [3.63, 3.8) is 0 Å². The number of piperidine rings is 2. The molecule has 0 radical (unpaired) electrons. The number of hydrogen-bond acceptors (Lipinski definition) is 3. The van der Waals surface area contributed by atoms with E-state index in [1.165, 1.54) is 11.1 Å². The molecule has 1 amide bonds. The number of rotatable bonds is 4. The standard InChI is InChI=1S/C20H30N2O2/c1-15-3-5-16(6-4-15)13-18-9-12-22(14-19(18)24-2)20(23)17-7-10-21-11-8-17/h3-6,17-19,21H,7-14H2,1-2H3/t18-,19-/m1/s1. The molecule has 0 unspecified atom stereocenters. The predicted molar refractivity (Wildman–Crippen MR) is 96.0 cm³/mol. The molecule has 1 N–H and O–H groups in total. The SMILES string of the molecule is CO[C@@H]1CN(C(=O)C2CCNCC2)CC[C@@H]1Cc1ccc(C)cc1. The lowest BCUT2D eigenvalue weighted by atomic mass is 9.86. The number of amides is 1. The summed E-state index contributed by atoms with van der Waals surface area (Å²) in [5, 5.41) is 3.34. The van der Waals surface area contributed by atoms with Crippen molar-refractivity contribution >= 4 is 5.91 Å². The average Bonchev–Trinajstić information content (AvgIpc) is 2.64. The molecule has 132 valence electrons. The molecule has 0 aliphatic carbocycles. The number of benzene rings is 1. The monoisotopic (exact) mass is 330 g/mol. The van der Waals surface area contributed by atoms with Gasteiger partial charge in [0, 0.05) is 26.1 Å². The third kappa shape index (κ3) is 4.17. The molecule has 2 aliphatic rings. The van der Waals surface area contributed by atoms with Gasteiger partial charge in [0.1, 0.15) is 0 Å². The quantitative estimate of drug-likeness (QED) is 0.922. The van der Waals surface area contributed by atoms with Gasteiger partial charge in [-0.25, -0.2) is 0 Å². The molecule has 24 heavy (non-hydrogen) atoms. The van der Waals surface area contributed by atoms with E-state index in [2.05, 4.69) is 41.4 Å². The first-order chi connectivity index (χ1) is 11.7. The van der Waals surface area contributed by atoms with Crippen molar-refractivity contribution < 1.29 is 9.53 Å². The molecule has 4 nitrogen and oxygen atoms in total. The molecule has 2 heterocycles. The summed E-state index contributed by atoms with van der Waals surface area (Å²) in [6, 6.07) is 8.78. The van der Waals surface area contributed by atoms with E-state index in [-0.39, 0.29) is 12.0 Å². The maximum atomic E-state index is 12.8. The van der Waals surface area contributed by atoms with Gasteiger partial charge in [-0.05, 0) is 57.2 Å². The van der Waals surface area contributed by atoms with E-state index in [0.717, 1.165) is 51.9 Å². The van der Waals surface area contributed by atoms with E-state index >= 15 is 0 Å². The van der Waals surface area contributed by atoms with Crippen LogP contribution in [0.5, 0.6) is 0 Å². The lowest BCUT2D eigenvalue weighted by Gasteiger charge is -2.40. The number of nitrogens with one attached hydrogen (secondary N) is 1. The van der Waals surface area contributed by atoms with Gasteiger partial charge in [-0.2, -0.15) is 0 Å².